The van der Waals surface area contributed by atoms with Crippen LogP contribution in [0.4, 0.5) is 0 Å². The number of rotatable bonds is 3. The summed E-state index contributed by atoms with van der Waals surface area (Å²) in [4.78, 5) is 15.8. The molecule has 2 N–H and O–H groups in total. The molecule has 1 atom stereocenters. The van der Waals surface area contributed by atoms with E-state index in [1.165, 1.54) is 26.2 Å². The summed E-state index contributed by atoms with van der Waals surface area (Å²) in [5, 5.41) is 18.2. The first-order valence-electron chi connectivity index (χ1n) is 3.91. The first-order chi connectivity index (χ1) is 6.56. The fourth-order valence-electron chi connectivity index (χ4n) is 0.756. The zero-order chi connectivity index (χ0) is 10.7. The van der Waals surface area contributed by atoms with E-state index < -0.39 is 12.1 Å². The highest BCUT2D eigenvalue weighted by Gasteiger charge is 2.17. The lowest BCUT2D eigenvalue weighted by Crippen LogP contribution is -2.29. The summed E-state index contributed by atoms with van der Waals surface area (Å²) in [6.45, 7) is 1.49. The maximum atomic E-state index is 11.2. The molecule has 1 unspecified atom stereocenters. The molecule has 14 heavy (non-hydrogen) atoms. The highest BCUT2D eigenvalue weighted by Crippen LogP contribution is 2.18. The number of nitrogens with zero attached hydrogens (tertiary/aromatic N) is 1. The second kappa shape index (κ2) is 4.01. The Balaban J connectivity index is 2.74. The maximum Gasteiger partial charge on any atom is 0.361 e. The molecule has 1 aromatic rings. The lowest BCUT2D eigenvalue weighted by molar-refractivity contribution is -0.156. The van der Waals surface area contributed by atoms with Gasteiger partial charge in [-0.2, -0.15) is 0 Å². The van der Waals surface area contributed by atoms with Crippen molar-refractivity contribution in [1.29, 1.82) is 0 Å². The van der Waals surface area contributed by atoms with E-state index >= 15 is 0 Å². The normalized spacial score (nSPS) is 12.4. The maximum absolute atomic E-state index is 11.2. The minimum Gasteiger partial charge on any atom is -0.492 e. The van der Waals surface area contributed by atoms with Crippen LogP contribution < -0.4 is 4.84 Å². The van der Waals surface area contributed by atoms with E-state index in [9.17, 15) is 4.79 Å². The van der Waals surface area contributed by atoms with Crippen molar-refractivity contribution < 1.29 is 24.6 Å². The molecule has 0 saturated carbocycles. The van der Waals surface area contributed by atoms with Gasteiger partial charge in [-0.05, 0) is 6.92 Å². The molecular formula is C8H11NO5. The highest BCUT2D eigenvalue weighted by molar-refractivity contribution is 5.74. The number of aromatic hydroxyl groups is 2. The van der Waals surface area contributed by atoms with Crippen LogP contribution >= 0.6 is 0 Å². The summed E-state index contributed by atoms with van der Waals surface area (Å²) < 4.78 is 5.30. The predicted octanol–water partition coefficient (Wildman–Crippen LogP) is -0.111. The Morgan fingerprint density at radius 1 is 1.43 bits per heavy atom. The van der Waals surface area contributed by atoms with Gasteiger partial charge in [-0.25, -0.2) is 4.79 Å². The average Bonchev–Trinajstić information content (AvgIpc) is 2.48. The number of hydrogen-bond donors (Lipinski definition) is 2. The number of methoxy groups -OCH3 is 1. The molecule has 0 spiro atoms. The zero-order valence-electron chi connectivity index (χ0n) is 7.80. The van der Waals surface area contributed by atoms with Crippen molar-refractivity contribution in [3.8, 4) is 11.8 Å². The molecule has 1 rings (SSSR count). The van der Waals surface area contributed by atoms with Crippen LogP contribution in [-0.4, -0.2) is 34.1 Å². The van der Waals surface area contributed by atoms with E-state index in [4.69, 9.17) is 10.2 Å². The zero-order valence-corrected chi connectivity index (χ0v) is 7.80. The second-order valence-corrected chi connectivity index (χ2v) is 2.63. The van der Waals surface area contributed by atoms with E-state index in [-0.39, 0.29) is 11.8 Å². The van der Waals surface area contributed by atoms with Crippen molar-refractivity contribution in [2.75, 3.05) is 7.11 Å². The predicted molar refractivity (Wildman–Crippen MR) is 45.8 cm³/mol. The third-order valence-electron chi connectivity index (χ3n) is 1.66. The lowest BCUT2D eigenvalue weighted by Gasteiger charge is -2.10. The Kier molecular flexibility index (Phi) is 2.98. The van der Waals surface area contributed by atoms with Crippen LogP contribution in [0.5, 0.6) is 11.8 Å². The minimum absolute atomic E-state index is 0.362. The Bertz CT molecular complexity index is 313. The molecule has 0 saturated heterocycles. The molecule has 0 amide bonds. The average molecular weight is 201 g/mol. The smallest absolute Gasteiger partial charge is 0.361 e. The molecule has 0 bridgehead atoms. The number of hydrogen-bond acceptors (Lipinski definition) is 5. The fourth-order valence-corrected chi connectivity index (χ4v) is 0.756. The molecule has 0 radical (unpaired) electrons. The van der Waals surface area contributed by atoms with Gasteiger partial charge in [0.25, 0.3) is 0 Å². The van der Waals surface area contributed by atoms with Gasteiger partial charge in [0.2, 0.25) is 11.8 Å². The standard InChI is InChI=1S/C8H11NO5/c1-5(13-2)8(12)14-9-6(10)3-4-7(9)11/h3-5,10-11H,1-2H3. The van der Waals surface area contributed by atoms with Gasteiger partial charge >= 0.3 is 5.97 Å². The van der Waals surface area contributed by atoms with Gasteiger partial charge in [-0.3, -0.25) is 0 Å². The largest absolute Gasteiger partial charge is 0.492 e. The van der Waals surface area contributed by atoms with Crippen molar-refractivity contribution >= 4 is 5.97 Å². The summed E-state index contributed by atoms with van der Waals surface area (Å²) in [5.41, 5.74) is 0. The topological polar surface area (TPSA) is 80.9 Å². The van der Waals surface area contributed by atoms with Crippen LogP contribution in [0.1, 0.15) is 6.92 Å². The van der Waals surface area contributed by atoms with Gasteiger partial charge in [-0.1, -0.05) is 0 Å². The summed E-state index contributed by atoms with van der Waals surface area (Å²) in [5.74, 6) is -1.44. The molecule has 0 aromatic carbocycles. The Morgan fingerprint density at radius 2 is 1.93 bits per heavy atom. The Hall–Kier alpha value is -1.69. The van der Waals surface area contributed by atoms with E-state index in [0.29, 0.717) is 4.73 Å². The van der Waals surface area contributed by atoms with Crippen molar-refractivity contribution in [3.05, 3.63) is 12.1 Å². The first-order valence-corrected chi connectivity index (χ1v) is 3.91. The summed E-state index contributed by atoms with van der Waals surface area (Å²) in [6.07, 6.45) is -0.767. The molecule has 0 aliphatic rings. The van der Waals surface area contributed by atoms with Crippen molar-refractivity contribution in [1.82, 2.24) is 4.73 Å². The van der Waals surface area contributed by atoms with Gasteiger partial charge in [0, 0.05) is 19.2 Å². The lowest BCUT2D eigenvalue weighted by atomic mass is 10.4. The van der Waals surface area contributed by atoms with Crippen LogP contribution in [0.25, 0.3) is 0 Å². The van der Waals surface area contributed by atoms with Crippen molar-refractivity contribution in [3.63, 3.8) is 0 Å². The van der Waals surface area contributed by atoms with Crippen molar-refractivity contribution in [2.24, 2.45) is 0 Å². The van der Waals surface area contributed by atoms with E-state index in [0.717, 1.165) is 0 Å². The van der Waals surface area contributed by atoms with E-state index in [1.54, 1.807) is 0 Å². The fraction of sp³-hybridized carbons (Fsp3) is 0.375. The molecular weight excluding hydrogens is 190 g/mol. The van der Waals surface area contributed by atoms with Crippen LogP contribution in [0.15, 0.2) is 12.1 Å². The number of carbonyl (C=O) groups excluding carboxylic acids is 1. The quantitative estimate of drug-likeness (QED) is 0.713. The van der Waals surface area contributed by atoms with Crippen molar-refractivity contribution in [2.45, 2.75) is 13.0 Å². The highest BCUT2D eigenvalue weighted by atomic mass is 16.7. The van der Waals surface area contributed by atoms with Crippen LogP contribution in [0, 0.1) is 0 Å². The molecule has 6 nitrogen and oxygen atoms in total. The molecule has 1 aromatic heterocycles. The number of ether oxygens (including phenoxy) is 1. The minimum atomic E-state index is -0.767. The van der Waals surface area contributed by atoms with E-state index in [2.05, 4.69) is 9.57 Å². The third kappa shape index (κ3) is 1.97. The molecule has 0 aliphatic carbocycles. The summed E-state index contributed by atoms with van der Waals surface area (Å²) in [7, 11) is 1.35. The van der Waals surface area contributed by atoms with Gasteiger partial charge in [0.15, 0.2) is 6.10 Å². The monoisotopic (exact) mass is 201 g/mol. The summed E-state index contributed by atoms with van der Waals surface area (Å²) >= 11 is 0. The van der Waals surface area contributed by atoms with Gasteiger partial charge in [0.1, 0.15) is 0 Å². The number of carbonyl (C=O) groups is 1. The Morgan fingerprint density at radius 3 is 2.36 bits per heavy atom. The van der Waals surface area contributed by atoms with Crippen LogP contribution in [0.3, 0.4) is 0 Å². The Labute approximate surface area is 80.2 Å². The molecule has 1 heterocycles. The molecule has 0 aliphatic heterocycles. The van der Waals surface area contributed by atoms with Gasteiger partial charge in [0.05, 0.1) is 0 Å². The van der Waals surface area contributed by atoms with Gasteiger partial charge < -0.3 is 19.8 Å². The molecule has 0 fully saturated rings. The first kappa shape index (κ1) is 10.4. The SMILES string of the molecule is COC(C)C(=O)On1c(O)ccc1O. The van der Waals surface area contributed by atoms with E-state index in [1.807, 2.05) is 0 Å². The van der Waals surface area contributed by atoms with Gasteiger partial charge in [-0.15, -0.1) is 4.73 Å². The molecule has 6 heteroatoms. The third-order valence-corrected chi connectivity index (χ3v) is 1.66. The molecule has 78 valence electrons. The second-order valence-electron chi connectivity index (χ2n) is 2.63. The van der Waals surface area contributed by atoms with Crippen LogP contribution in [-0.2, 0) is 9.53 Å². The summed E-state index contributed by atoms with van der Waals surface area (Å²) in [6, 6.07) is 2.39. The number of aromatic nitrogens is 1. The van der Waals surface area contributed by atoms with Crippen LogP contribution in [0.2, 0.25) is 0 Å².